The summed E-state index contributed by atoms with van der Waals surface area (Å²) in [6, 6.07) is 0. The highest BCUT2D eigenvalue weighted by Gasteiger charge is 2.19. The van der Waals surface area contributed by atoms with E-state index in [0.29, 0.717) is 19.3 Å². The van der Waals surface area contributed by atoms with Crippen molar-refractivity contribution in [2.75, 3.05) is 13.2 Å². The molecule has 0 N–H and O–H groups in total. The first-order valence-corrected chi connectivity index (χ1v) is 29.5. The summed E-state index contributed by atoms with van der Waals surface area (Å²) in [5.74, 6) is -0.867. The molecule has 0 rings (SSSR count). The van der Waals surface area contributed by atoms with E-state index in [-0.39, 0.29) is 31.1 Å². The number of hydrogen-bond acceptors (Lipinski definition) is 6. The van der Waals surface area contributed by atoms with Gasteiger partial charge < -0.3 is 14.2 Å². The lowest BCUT2D eigenvalue weighted by Gasteiger charge is -2.18. The molecular weight excluding hydrogens is 829 g/mol. The molecule has 0 aromatic heterocycles. The van der Waals surface area contributed by atoms with Gasteiger partial charge in [-0.2, -0.15) is 0 Å². The maximum Gasteiger partial charge on any atom is 0.306 e. The normalized spacial score (nSPS) is 12.2. The highest BCUT2D eigenvalue weighted by molar-refractivity contribution is 5.71. The highest BCUT2D eigenvalue weighted by Crippen LogP contribution is 2.16. The van der Waals surface area contributed by atoms with E-state index in [1.54, 1.807) is 0 Å². The SMILES string of the molecule is CCCCC/C=C\C/C=C\CCCCCCCCCCCC(=O)OCC(COC(=O)CCCCCCC/C=C\CCCCCCC)OC(=O)CCCCCCCCCCCCCCCCCC. The van der Waals surface area contributed by atoms with Crippen LogP contribution in [-0.2, 0) is 28.6 Å². The van der Waals surface area contributed by atoms with Gasteiger partial charge in [0.05, 0.1) is 0 Å². The number of carbonyl (C=O) groups is 3. The number of unbranched alkanes of at least 4 members (excludes halogenated alkanes) is 37. The third-order valence-electron chi connectivity index (χ3n) is 13.1. The van der Waals surface area contributed by atoms with Crippen LogP contribution in [0.1, 0.15) is 316 Å². The van der Waals surface area contributed by atoms with Crippen molar-refractivity contribution in [1.29, 1.82) is 0 Å². The molecular formula is C61H112O6. The smallest absolute Gasteiger partial charge is 0.306 e. The molecule has 0 fully saturated rings. The Kier molecular flexibility index (Phi) is 54.2. The Morgan fingerprint density at radius 1 is 0.299 bits per heavy atom. The number of rotatable bonds is 54. The zero-order valence-corrected chi connectivity index (χ0v) is 44.9. The van der Waals surface area contributed by atoms with Crippen LogP contribution in [-0.4, -0.2) is 37.2 Å². The lowest BCUT2D eigenvalue weighted by molar-refractivity contribution is -0.167. The number of hydrogen-bond donors (Lipinski definition) is 0. The quantitative estimate of drug-likeness (QED) is 0.0262. The summed E-state index contributed by atoms with van der Waals surface area (Å²) < 4.78 is 16.9. The lowest BCUT2D eigenvalue weighted by atomic mass is 10.0. The second-order valence-corrected chi connectivity index (χ2v) is 19.9. The molecule has 6 heteroatoms. The fourth-order valence-corrected chi connectivity index (χ4v) is 8.65. The molecule has 0 spiro atoms. The van der Waals surface area contributed by atoms with Gasteiger partial charge in [0.1, 0.15) is 13.2 Å². The molecule has 0 saturated heterocycles. The van der Waals surface area contributed by atoms with E-state index in [1.807, 2.05) is 0 Å². The Hall–Kier alpha value is -2.37. The fraction of sp³-hybridized carbons (Fsp3) is 0.852. The van der Waals surface area contributed by atoms with Gasteiger partial charge in [-0.15, -0.1) is 0 Å². The Labute approximate surface area is 416 Å². The van der Waals surface area contributed by atoms with Crippen LogP contribution in [0.4, 0.5) is 0 Å². The maximum absolute atomic E-state index is 12.9. The summed E-state index contributed by atoms with van der Waals surface area (Å²) in [6.45, 7) is 6.64. The number of ether oxygens (including phenoxy) is 3. The van der Waals surface area contributed by atoms with Gasteiger partial charge in [0.15, 0.2) is 6.10 Å². The minimum absolute atomic E-state index is 0.0733. The van der Waals surface area contributed by atoms with Gasteiger partial charge >= 0.3 is 17.9 Å². The Morgan fingerprint density at radius 2 is 0.537 bits per heavy atom. The number of carbonyl (C=O) groups excluding carboxylic acids is 3. The molecule has 0 bridgehead atoms. The molecule has 6 nitrogen and oxygen atoms in total. The van der Waals surface area contributed by atoms with Gasteiger partial charge in [-0.1, -0.05) is 256 Å². The molecule has 0 aliphatic heterocycles. The largest absolute Gasteiger partial charge is 0.462 e. The summed E-state index contributed by atoms with van der Waals surface area (Å²) in [5.41, 5.74) is 0. The topological polar surface area (TPSA) is 78.9 Å². The first kappa shape index (κ1) is 64.6. The predicted molar refractivity (Wildman–Crippen MR) is 289 cm³/mol. The maximum atomic E-state index is 12.9. The van der Waals surface area contributed by atoms with Crippen LogP contribution in [0.2, 0.25) is 0 Å². The van der Waals surface area contributed by atoms with Crippen molar-refractivity contribution >= 4 is 17.9 Å². The van der Waals surface area contributed by atoms with Crippen molar-refractivity contribution in [3.8, 4) is 0 Å². The van der Waals surface area contributed by atoms with Crippen molar-refractivity contribution in [2.45, 2.75) is 322 Å². The summed E-state index contributed by atoms with van der Waals surface area (Å²) in [7, 11) is 0. The average molecular weight is 942 g/mol. The van der Waals surface area contributed by atoms with Gasteiger partial charge in [-0.25, -0.2) is 0 Å². The van der Waals surface area contributed by atoms with Crippen LogP contribution in [0.5, 0.6) is 0 Å². The van der Waals surface area contributed by atoms with Gasteiger partial charge in [0.2, 0.25) is 0 Å². The summed E-state index contributed by atoms with van der Waals surface area (Å²) in [5, 5.41) is 0. The van der Waals surface area contributed by atoms with E-state index in [9.17, 15) is 14.4 Å². The van der Waals surface area contributed by atoms with Crippen LogP contribution < -0.4 is 0 Å². The van der Waals surface area contributed by atoms with Crippen LogP contribution >= 0.6 is 0 Å². The lowest BCUT2D eigenvalue weighted by Crippen LogP contribution is -2.30. The predicted octanol–water partition coefficient (Wildman–Crippen LogP) is 19.7. The van der Waals surface area contributed by atoms with Crippen molar-refractivity contribution in [3.63, 3.8) is 0 Å². The Bertz CT molecular complexity index is 1130. The molecule has 0 aromatic rings. The minimum atomic E-state index is -0.774. The molecule has 1 unspecified atom stereocenters. The molecule has 0 radical (unpaired) electrons. The van der Waals surface area contributed by atoms with Crippen LogP contribution in [0.3, 0.4) is 0 Å². The molecule has 0 heterocycles. The summed E-state index contributed by atoms with van der Waals surface area (Å²) >= 11 is 0. The molecule has 0 saturated carbocycles. The zero-order chi connectivity index (χ0) is 48.6. The third kappa shape index (κ3) is 54.4. The first-order chi connectivity index (χ1) is 33.0. The number of esters is 3. The van der Waals surface area contributed by atoms with Crippen LogP contribution in [0, 0.1) is 0 Å². The third-order valence-corrected chi connectivity index (χ3v) is 13.1. The van der Waals surface area contributed by atoms with Crippen molar-refractivity contribution in [2.24, 2.45) is 0 Å². The van der Waals surface area contributed by atoms with Gasteiger partial charge in [-0.05, 0) is 77.0 Å². The highest BCUT2D eigenvalue weighted by atomic mass is 16.6. The molecule has 0 amide bonds. The second-order valence-electron chi connectivity index (χ2n) is 19.9. The van der Waals surface area contributed by atoms with E-state index < -0.39 is 6.10 Å². The molecule has 1 atom stereocenters. The second kappa shape index (κ2) is 56.2. The van der Waals surface area contributed by atoms with E-state index >= 15 is 0 Å². The zero-order valence-electron chi connectivity index (χ0n) is 44.9. The minimum Gasteiger partial charge on any atom is -0.462 e. The van der Waals surface area contributed by atoms with Crippen LogP contribution in [0.25, 0.3) is 0 Å². The van der Waals surface area contributed by atoms with Crippen LogP contribution in [0.15, 0.2) is 36.5 Å². The summed E-state index contributed by atoms with van der Waals surface area (Å²) in [4.78, 5) is 38.2. The van der Waals surface area contributed by atoms with E-state index in [0.717, 1.165) is 70.6 Å². The van der Waals surface area contributed by atoms with Gasteiger partial charge in [-0.3, -0.25) is 14.4 Å². The Morgan fingerprint density at radius 3 is 0.866 bits per heavy atom. The number of allylic oxidation sites excluding steroid dienone is 6. The Balaban J connectivity index is 4.34. The fourth-order valence-electron chi connectivity index (χ4n) is 8.65. The first-order valence-electron chi connectivity index (χ1n) is 29.5. The van der Waals surface area contributed by atoms with Gasteiger partial charge in [0.25, 0.3) is 0 Å². The van der Waals surface area contributed by atoms with E-state index in [4.69, 9.17) is 14.2 Å². The van der Waals surface area contributed by atoms with E-state index in [1.165, 1.54) is 205 Å². The van der Waals surface area contributed by atoms with Gasteiger partial charge in [0, 0.05) is 19.3 Å². The standard InChI is InChI=1S/C61H112O6/c1-4-7-10-13-16-19-22-25-28-30-31-32-34-36-39-42-45-48-51-54-60(63)66-57-58(56-65-59(62)53-50-47-44-41-38-35-27-24-21-18-15-12-9-6-3)67-61(64)55-52-49-46-43-40-37-33-29-26-23-20-17-14-11-8-5-2/h16,19,24-25,27-28,58H,4-15,17-18,20-23,26,29-57H2,1-3H3/b19-16-,27-24-,28-25-. The monoisotopic (exact) mass is 941 g/mol. The molecule has 0 aliphatic rings. The molecule has 392 valence electrons. The van der Waals surface area contributed by atoms with Crippen molar-refractivity contribution in [1.82, 2.24) is 0 Å². The summed E-state index contributed by atoms with van der Waals surface area (Å²) in [6.07, 6.45) is 67.0. The van der Waals surface area contributed by atoms with Crippen molar-refractivity contribution in [3.05, 3.63) is 36.5 Å². The van der Waals surface area contributed by atoms with Crippen molar-refractivity contribution < 1.29 is 28.6 Å². The van der Waals surface area contributed by atoms with E-state index in [2.05, 4.69) is 57.2 Å². The average Bonchev–Trinajstić information content (AvgIpc) is 3.33. The molecule has 0 aliphatic carbocycles. The molecule has 0 aromatic carbocycles. The molecule has 67 heavy (non-hydrogen) atoms.